The van der Waals surface area contributed by atoms with Gasteiger partial charge in [0.05, 0.1) is 12.7 Å². The molecule has 0 aliphatic heterocycles. The highest BCUT2D eigenvalue weighted by atomic mass is 19.1. The van der Waals surface area contributed by atoms with Crippen LogP contribution in [0.15, 0.2) is 72.8 Å². The number of rotatable bonds is 7. The lowest BCUT2D eigenvalue weighted by Gasteiger charge is -2.09. The van der Waals surface area contributed by atoms with Crippen LogP contribution in [0.4, 0.5) is 4.39 Å². The normalized spacial score (nSPS) is 10.3. The average molecular weight is 364 g/mol. The van der Waals surface area contributed by atoms with Gasteiger partial charge in [0.15, 0.2) is 12.4 Å². The van der Waals surface area contributed by atoms with Crippen molar-refractivity contribution in [2.75, 3.05) is 13.7 Å². The Kier molecular flexibility index (Phi) is 5.61. The molecule has 27 heavy (non-hydrogen) atoms. The zero-order valence-corrected chi connectivity index (χ0v) is 14.6. The average Bonchev–Trinajstić information content (AvgIpc) is 2.72. The van der Waals surface area contributed by atoms with Gasteiger partial charge in [0.2, 0.25) is 5.78 Å². The summed E-state index contributed by atoms with van der Waals surface area (Å²) < 4.78 is 23.6. The molecule has 0 fully saturated rings. The van der Waals surface area contributed by atoms with E-state index in [0.717, 1.165) is 0 Å². The van der Waals surface area contributed by atoms with Crippen LogP contribution >= 0.6 is 0 Å². The number of halogens is 1. The van der Waals surface area contributed by atoms with Gasteiger partial charge in [0.25, 0.3) is 0 Å². The van der Waals surface area contributed by atoms with E-state index < -0.39 is 5.82 Å². The van der Waals surface area contributed by atoms with Crippen LogP contribution in [0.5, 0.6) is 11.5 Å². The van der Waals surface area contributed by atoms with Gasteiger partial charge in [-0.25, -0.2) is 4.39 Å². The monoisotopic (exact) mass is 364 g/mol. The first kappa shape index (κ1) is 18.3. The number of hydrogen-bond donors (Lipinski definition) is 0. The molecule has 0 N–H and O–H groups in total. The van der Waals surface area contributed by atoms with Crippen LogP contribution in [-0.4, -0.2) is 25.3 Å². The molecule has 3 aromatic rings. The van der Waals surface area contributed by atoms with Crippen LogP contribution in [0.3, 0.4) is 0 Å². The molecule has 0 aromatic heterocycles. The molecule has 0 amide bonds. The van der Waals surface area contributed by atoms with Crippen molar-refractivity contribution < 1.29 is 23.5 Å². The van der Waals surface area contributed by atoms with Crippen LogP contribution in [0.1, 0.15) is 26.3 Å². The SMILES string of the molecule is COc1ccccc1C(=O)COc1ccc(C(=O)c2ccc(F)cc2)cc1. The number of para-hydroxylation sites is 1. The van der Waals surface area contributed by atoms with E-state index in [9.17, 15) is 14.0 Å². The van der Waals surface area contributed by atoms with Gasteiger partial charge in [-0.1, -0.05) is 12.1 Å². The van der Waals surface area contributed by atoms with Gasteiger partial charge >= 0.3 is 0 Å². The van der Waals surface area contributed by atoms with Crippen molar-refractivity contribution in [1.29, 1.82) is 0 Å². The van der Waals surface area contributed by atoms with Gasteiger partial charge < -0.3 is 9.47 Å². The lowest BCUT2D eigenvalue weighted by atomic mass is 10.0. The molecule has 5 heteroatoms. The standard InChI is InChI=1S/C22H17FO4/c1-26-21-5-3-2-4-19(21)20(24)14-27-18-12-8-16(9-13-18)22(25)15-6-10-17(23)11-7-15/h2-13H,14H2,1H3. The van der Waals surface area contributed by atoms with Crippen LogP contribution in [-0.2, 0) is 0 Å². The maximum atomic E-state index is 13.0. The zero-order chi connectivity index (χ0) is 19.2. The van der Waals surface area contributed by atoms with Crippen LogP contribution in [0.25, 0.3) is 0 Å². The number of hydrogen-bond acceptors (Lipinski definition) is 4. The molecule has 4 nitrogen and oxygen atoms in total. The summed E-state index contributed by atoms with van der Waals surface area (Å²) in [6.07, 6.45) is 0. The van der Waals surface area contributed by atoms with E-state index in [2.05, 4.69) is 0 Å². The maximum Gasteiger partial charge on any atom is 0.203 e. The fraction of sp³-hybridized carbons (Fsp3) is 0.0909. The maximum absolute atomic E-state index is 13.0. The molecule has 3 aromatic carbocycles. The first-order valence-corrected chi connectivity index (χ1v) is 8.28. The molecule has 0 saturated heterocycles. The Labute approximate surface area is 156 Å². The highest BCUT2D eigenvalue weighted by molar-refractivity contribution is 6.09. The molecule has 3 rings (SSSR count). The van der Waals surface area contributed by atoms with E-state index in [1.165, 1.54) is 31.4 Å². The molecular formula is C22H17FO4. The summed E-state index contributed by atoms with van der Waals surface area (Å²) in [5, 5.41) is 0. The lowest BCUT2D eigenvalue weighted by Crippen LogP contribution is -2.12. The Hall–Kier alpha value is -3.47. The van der Waals surface area contributed by atoms with Crippen molar-refractivity contribution in [3.05, 3.63) is 95.3 Å². The predicted molar refractivity (Wildman–Crippen MR) is 99.1 cm³/mol. The third kappa shape index (κ3) is 4.39. The number of carbonyl (C=O) groups is 2. The largest absolute Gasteiger partial charge is 0.496 e. The molecule has 0 atom stereocenters. The van der Waals surface area contributed by atoms with E-state index in [-0.39, 0.29) is 18.2 Å². The smallest absolute Gasteiger partial charge is 0.203 e. The fourth-order valence-corrected chi connectivity index (χ4v) is 2.57. The lowest BCUT2D eigenvalue weighted by molar-refractivity contribution is 0.0917. The van der Waals surface area contributed by atoms with Gasteiger partial charge in [-0.2, -0.15) is 0 Å². The minimum atomic E-state index is -0.394. The number of carbonyl (C=O) groups excluding carboxylic acids is 2. The first-order chi connectivity index (χ1) is 13.1. The predicted octanol–water partition coefficient (Wildman–Crippen LogP) is 4.33. The summed E-state index contributed by atoms with van der Waals surface area (Å²) in [7, 11) is 1.50. The van der Waals surface area contributed by atoms with Crippen LogP contribution in [0, 0.1) is 5.82 Å². The van der Waals surface area contributed by atoms with Crippen LogP contribution in [0.2, 0.25) is 0 Å². The third-order valence-corrected chi connectivity index (χ3v) is 4.00. The van der Waals surface area contributed by atoms with Gasteiger partial charge in [0.1, 0.15) is 17.3 Å². The van der Waals surface area contributed by atoms with Crippen molar-refractivity contribution in [2.24, 2.45) is 0 Å². The van der Waals surface area contributed by atoms with E-state index in [4.69, 9.17) is 9.47 Å². The van der Waals surface area contributed by atoms with Crippen molar-refractivity contribution in [2.45, 2.75) is 0 Å². The summed E-state index contributed by atoms with van der Waals surface area (Å²) in [6.45, 7) is -0.147. The quantitative estimate of drug-likeness (QED) is 0.586. The molecule has 0 heterocycles. The van der Waals surface area contributed by atoms with Crippen molar-refractivity contribution >= 4 is 11.6 Å². The Morgan fingerprint density at radius 1 is 0.852 bits per heavy atom. The molecule has 0 aliphatic rings. The summed E-state index contributed by atoms with van der Waals surface area (Å²) in [4.78, 5) is 24.7. The Morgan fingerprint density at radius 2 is 1.44 bits per heavy atom. The molecule has 0 aliphatic carbocycles. The van der Waals surface area contributed by atoms with Gasteiger partial charge in [-0.05, 0) is 60.7 Å². The Morgan fingerprint density at radius 3 is 2.07 bits per heavy atom. The summed E-state index contributed by atoms with van der Waals surface area (Å²) in [6, 6.07) is 18.7. The summed E-state index contributed by atoms with van der Waals surface area (Å²) in [5.41, 5.74) is 1.30. The molecule has 0 spiro atoms. The Bertz CT molecular complexity index is 947. The zero-order valence-electron chi connectivity index (χ0n) is 14.6. The highest BCUT2D eigenvalue weighted by Gasteiger charge is 2.13. The molecule has 0 unspecified atom stereocenters. The first-order valence-electron chi connectivity index (χ1n) is 8.28. The molecule has 136 valence electrons. The van der Waals surface area contributed by atoms with Crippen LogP contribution < -0.4 is 9.47 Å². The van der Waals surface area contributed by atoms with Gasteiger partial charge in [0, 0.05) is 11.1 Å². The number of ether oxygens (including phenoxy) is 2. The van der Waals surface area contributed by atoms with Crippen molar-refractivity contribution in [3.63, 3.8) is 0 Å². The second-order valence-corrected chi connectivity index (χ2v) is 5.77. The minimum Gasteiger partial charge on any atom is -0.496 e. The van der Waals surface area contributed by atoms with E-state index in [1.807, 2.05) is 0 Å². The van der Waals surface area contributed by atoms with Crippen molar-refractivity contribution in [3.8, 4) is 11.5 Å². The third-order valence-electron chi connectivity index (χ3n) is 4.00. The van der Waals surface area contributed by atoms with Gasteiger partial charge in [-0.15, -0.1) is 0 Å². The van der Waals surface area contributed by atoms with E-state index in [1.54, 1.807) is 48.5 Å². The number of Topliss-reactive ketones (excluding diaryl/α,β-unsaturated/α-hetero) is 1. The summed E-state index contributed by atoms with van der Waals surface area (Å²) in [5.74, 6) is 0.140. The minimum absolute atomic E-state index is 0.147. The summed E-state index contributed by atoms with van der Waals surface area (Å²) >= 11 is 0. The van der Waals surface area contributed by atoms with E-state index >= 15 is 0 Å². The second kappa shape index (κ2) is 8.27. The van der Waals surface area contributed by atoms with E-state index in [0.29, 0.717) is 28.2 Å². The molecule has 0 saturated carbocycles. The van der Waals surface area contributed by atoms with Gasteiger partial charge in [-0.3, -0.25) is 9.59 Å². The highest BCUT2D eigenvalue weighted by Crippen LogP contribution is 2.19. The fourth-order valence-electron chi connectivity index (χ4n) is 2.57. The molecule has 0 bridgehead atoms. The number of methoxy groups -OCH3 is 1. The number of benzene rings is 3. The topological polar surface area (TPSA) is 52.6 Å². The van der Waals surface area contributed by atoms with Crippen molar-refractivity contribution in [1.82, 2.24) is 0 Å². The molecular weight excluding hydrogens is 347 g/mol. The number of ketones is 2. The Balaban J connectivity index is 1.65. The second-order valence-electron chi connectivity index (χ2n) is 5.77. The molecule has 0 radical (unpaired) electrons.